The predicted octanol–water partition coefficient (Wildman–Crippen LogP) is 2.89. The lowest BCUT2D eigenvalue weighted by Gasteiger charge is -1.98. The fraction of sp³-hybridized carbons (Fsp3) is 0. The van der Waals surface area contributed by atoms with Gasteiger partial charge in [0.15, 0.2) is 5.78 Å². The molecule has 0 aromatic heterocycles. The Morgan fingerprint density at radius 3 is 2.46 bits per heavy atom. The van der Waals surface area contributed by atoms with Crippen molar-refractivity contribution in [3.8, 4) is 5.75 Å². The maximum Gasteiger partial charge on any atom is 0.191 e. The number of aromatic hydroxyl groups is 1. The number of phenolic OH excluding ortho intramolecular Hbond substituents is 1. The first-order chi connectivity index (χ1) is 6.11. The topological polar surface area (TPSA) is 37.3 Å². The first-order valence-electron chi connectivity index (χ1n) is 3.46. The SMILES string of the molecule is O=C(C=C(Cl)Cl)c1ccccc1O. The van der Waals surface area contributed by atoms with Crippen molar-refractivity contribution < 1.29 is 9.90 Å². The van der Waals surface area contributed by atoms with E-state index in [1.165, 1.54) is 12.1 Å². The lowest BCUT2D eigenvalue weighted by atomic mass is 10.1. The molecule has 0 bridgehead atoms. The highest BCUT2D eigenvalue weighted by molar-refractivity contribution is 6.57. The summed E-state index contributed by atoms with van der Waals surface area (Å²) < 4.78 is -0.131. The number of ketones is 1. The van der Waals surface area contributed by atoms with Crippen molar-refractivity contribution >= 4 is 29.0 Å². The van der Waals surface area contributed by atoms with Crippen LogP contribution in [0.1, 0.15) is 10.4 Å². The van der Waals surface area contributed by atoms with Crippen LogP contribution in [-0.4, -0.2) is 10.9 Å². The Morgan fingerprint density at radius 1 is 1.31 bits per heavy atom. The average molecular weight is 217 g/mol. The van der Waals surface area contributed by atoms with E-state index >= 15 is 0 Å². The van der Waals surface area contributed by atoms with Gasteiger partial charge in [-0.2, -0.15) is 0 Å². The monoisotopic (exact) mass is 216 g/mol. The van der Waals surface area contributed by atoms with Crippen LogP contribution in [0, 0.1) is 0 Å². The Hall–Kier alpha value is -0.990. The highest BCUT2D eigenvalue weighted by atomic mass is 35.5. The molecule has 1 aromatic carbocycles. The molecule has 4 heteroatoms. The summed E-state index contributed by atoms with van der Waals surface area (Å²) in [6.07, 6.45) is 1.04. The molecule has 0 aliphatic heterocycles. The molecule has 0 spiro atoms. The number of carbonyl (C=O) groups is 1. The Kier molecular flexibility index (Phi) is 3.34. The normalized spacial score (nSPS) is 9.38. The number of hydrogen-bond donors (Lipinski definition) is 1. The zero-order valence-electron chi connectivity index (χ0n) is 6.50. The van der Waals surface area contributed by atoms with Gasteiger partial charge in [-0.15, -0.1) is 0 Å². The molecular formula is C9H6Cl2O2. The van der Waals surface area contributed by atoms with Crippen LogP contribution in [-0.2, 0) is 0 Å². The van der Waals surface area contributed by atoms with Gasteiger partial charge >= 0.3 is 0 Å². The molecule has 0 atom stereocenters. The fourth-order valence-electron chi connectivity index (χ4n) is 0.859. The number of hydrogen-bond acceptors (Lipinski definition) is 2. The van der Waals surface area contributed by atoms with Crippen LogP contribution in [0.25, 0.3) is 0 Å². The summed E-state index contributed by atoms with van der Waals surface area (Å²) in [7, 11) is 0. The molecule has 1 aromatic rings. The third kappa shape index (κ3) is 2.76. The van der Waals surface area contributed by atoms with Gasteiger partial charge in [-0.25, -0.2) is 0 Å². The third-order valence-corrected chi connectivity index (χ3v) is 1.63. The minimum absolute atomic E-state index is 0.0849. The van der Waals surface area contributed by atoms with Crippen LogP contribution in [0.2, 0.25) is 0 Å². The first-order valence-corrected chi connectivity index (χ1v) is 4.22. The maximum atomic E-state index is 11.3. The van der Waals surface area contributed by atoms with Gasteiger partial charge in [0.2, 0.25) is 0 Å². The van der Waals surface area contributed by atoms with E-state index in [1.807, 2.05) is 0 Å². The van der Waals surface area contributed by atoms with Gasteiger partial charge in [-0.05, 0) is 12.1 Å². The molecular weight excluding hydrogens is 211 g/mol. The number of carbonyl (C=O) groups excluding carboxylic acids is 1. The van der Waals surface area contributed by atoms with Gasteiger partial charge in [0.05, 0.1) is 5.56 Å². The van der Waals surface area contributed by atoms with Crippen LogP contribution in [0.15, 0.2) is 34.8 Å². The largest absolute Gasteiger partial charge is 0.507 e. The predicted molar refractivity (Wildman–Crippen MR) is 52.2 cm³/mol. The van der Waals surface area contributed by atoms with E-state index < -0.39 is 5.78 Å². The van der Waals surface area contributed by atoms with Crippen LogP contribution < -0.4 is 0 Å². The first kappa shape index (κ1) is 10.1. The van der Waals surface area contributed by atoms with Crippen LogP contribution >= 0.6 is 23.2 Å². The molecule has 1 rings (SSSR count). The van der Waals surface area contributed by atoms with E-state index in [1.54, 1.807) is 12.1 Å². The molecule has 0 aliphatic carbocycles. The Bertz CT molecular complexity index is 354. The zero-order chi connectivity index (χ0) is 9.84. The lowest BCUT2D eigenvalue weighted by molar-refractivity contribution is 0.104. The van der Waals surface area contributed by atoms with Crippen molar-refractivity contribution in [2.45, 2.75) is 0 Å². The molecule has 0 fully saturated rings. The van der Waals surface area contributed by atoms with Crippen molar-refractivity contribution in [2.75, 3.05) is 0 Å². The molecule has 0 saturated carbocycles. The maximum absolute atomic E-state index is 11.3. The second kappa shape index (κ2) is 4.30. The quantitative estimate of drug-likeness (QED) is 0.610. The standard InChI is InChI=1S/C9H6Cl2O2/c10-9(11)5-8(13)6-3-1-2-4-7(6)12/h1-5,12H. The van der Waals surface area contributed by atoms with E-state index in [2.05, 4.69) is 0 Å². The Labute approximate surface area is 85.4 Å². The highest BCUT2D eigenvalue weighted by Crippen LogP contribution is 2.18. The van der Waals surface area contributed by atoms with E-state index in [0.717, 1.165) is 6.08 Å². The number of phenols is 1. The third-order valence-electron chi connectivity index (χ3n) is 1.41. The van der Waals surface area contributed by atoms with E-state index in [4.69, 9.17) is 23.2 Å². The molecule has 0 radical (unpaired) electrons. The Balaban J connectivity index is 3.03. The van der Waals surface area contributed by atoms with E-state index in [0.29, 0.717) is 0 Å². The average Bonchev–Trinajstić information content (AvgIpc) is 2.03. The molecule has 1 N–H and O–H groups in total. The van der Waals surface area contributed by atoms with Crippen molar-refractivity contribution in [1.82, 2.24) is 0 Å². The molecule has 0 saturated heterocycles. The smallest absolute Gasteiger partial charge is 0.191 e. The van der Waals surface area contributed by atoms with Crippen LogP contribution in [0.4, 0.5) is 0 Å². The number of para-hydroxylation sites is 1. The van der Waals surface area contributed by atoms with E-state index in [-0.39, 0.29) is 15.8 Å². The number of rotatable bonds is 2. The van der Waals surface area contributed by atoms with Gasteiger partial charge in [-0.3, -0.25) is 4.79 Å². The zero-order valence-corrected chi connectivity index (χ0v) is 8.01. The van der Waals surface area contributed by atoms with Crippen LogP contribution in [0.5, 0.6) is 5.75 Å². The summed E-state index contributed by atoms with van der Waals surface area (Å²) in [4.78, 5) is 11.3. The van der Waals surface area contributed by atoms with Crippen molar-refractivity contribution in [3.05, 3.63) is 40.4 Å². The summed E-state index contributed by atoms with van der Waals surface area (Å²) in [6.45, 7) is 0. The Morgan fingerprint density at radius 2 is 1.92 bits per heavy atom. The van der Waals surface area contributed by atoms with Crippen molar-refractivity contribution in [2.24, 2.45) is 0 Å². The van der Waals surface area contributed by atoms with Crippen LogP contribution in [0.3, 0.4) is 0 Å². The summed E-state index contributed by atoms with van der Waals surface area (Å²) >= 11 is 10.6. The highest BCUT2D eigenvalue weighted by Gasteiger charge is 2.07. The number of halogens is 2. The number of allylic oxidation sites excluding steroid dienone is 1. The molecule has 0 heterocycles. The second-order valence-corrected chi connectivity index (χ2v) is 3.32. The summed E-state index contributed by atoms with van der Waals surface area (Å²) in [5.74, 6) is -0.503. The minimum atomic E-state index is -0.418. The molecule has 0 unspecified atom stereocenters. The molecule has 13 heavy (non-hydrogen) atoms. The van der Waals surface area contributed by atoms with Gasteiger partial charge in [-0.1, -0.05) is 35.3 Å². The second-order valence-electron chi connectivity index (χ2n) is 2.32. The fourth-order valence-corrected chi connectivity index (χ4v) is 1.06. The molecule has 68 valence electrons. The van der Waals surface area contributed by atoms with Crippen molar-refractivity contribution in [1.29, 1.82) is 0 Å². The summed E-state index contributed by atoms with van der Waals surface area (Å²) in [6, 6.07) is 6.18. The molecule has 2 nitrogen and oxygen atoms in total. The summed E-state index contributed by atoms with van der Waals surface area (Å²) in [5, 5.41) is 9.26. The van der Waals surface area contributed by atoms with E-state index in [9.17, 15) is 9.90 Å². The number of benzene rings is 1. The minimum Gasteiger partial charge on any atom is -0.507 e. The van der Waals surface area contributed by atoms with Gasteiger partial charge in [0, 0.05) is 6.08 Å². The van der Waals surface area contributed by atoms with Gasteiger partial charge in [0.1, 0.15) is 10.2 Å². The molecule has 0 amide bonds. The van der Waals surface area contributed by atoms with Gasteiger partial charge < -0.3 is 5.11 Å². The lowest BCUT2D eigenvalue weighted by Crippen LogP contribution is -1.94. The molecule has 0 aliphatic rings. The van der Waals surface area contributed by atoms with Crippen molar-refractivity contribution in [3.63, 3.8) is 0 Å². The summed E-state index contributed by atoms with van der Waals surface area (Å²) in [5.41, 5.74) is 0.182. The van der Waals surface area contributed by atoms with Gasteiger partial charge in [0.25, 0.3) is 0 Å².